The molecule has 1 heterocycles. The zero-order valence-corrected chi connectivity index (χ0v) is 15.7. The number of benzene rings is 2. The van der Waals surface area contributed by atoms with Gasteiger partial charge in [-0.05, 0) is 56.2 Å². The molecule has 3 rings (SSSR count). The van der Waals surface area contributed by atoms with Crippen molar-refractivity contribution in [2.45, 2.75) is 27.3 Å². The van der Waals surface area contributed by atoms with Crippen LogP contribution in [0.3, 0.4) is 0 Å². The summed E-state index contributed by atoms with van der Waals surface area (Å²) in [6.07, 6.45) is 3.55. The lowest BCUT2D eigenvalue weighted by molar-refractivity contribution is 0.0972. The molecule has 0 fully saturated rings. The summed E-state index contributed by atoms with van der Waals surface area (Å²) in [6.45, 7) is 7.20. The molecule has 0 radical (unpaired) electrons. The van der Waals surface area contributed by atoms with Crippen molar-refractivity contribution in [1.29, 1.82) is 0 Å². The number of Topliss-reactive ketones (excluding diaryl/α,β-unsaturated/α-hetero) is 1. The molecule has 2 aromatic carbocycles. The van der Waals surface area contributed by atoms with E-state index in [1.807, 2.05) is 73.1 Å². The topological polar surface area (TPSA) is 50.5 Å². The number of ketones is 1. The number of para-hydroxylation sites is 2. The highest BCUT2D eigenvalue weighted by Crippen LogP contribution is 2.24. The third-order valence-electron chi connectivity index (χ3n) is 4.58. The van der Waals surface area contributed by atoms with Gasteiger partial charge in [-0.25, -0.2) is 9.98 Å². The second-order valence-corrected chi connectivity index (χ2v) is 6.56. The summed E-state index contributed by atoms with van der Waals surface area (Å²) < 4.78 is 1.90. The van der Waals surface area contributed by atoms with Gasteiger partial charge in [-0.2, -0.15) is 0 Å². The Morgan fingerprint density at radius 2 is 2.00 bits per heavy atom. The minimum atomic E-state index is 0.0787. The lowest BCUT2D eigenvalue weighted by Crippen LogP contribution is -2.14. The molecule has 0 N–H and O–H groups in total. The summed E-state index contributed by atoms with van der Waals surface area (Å²) in [5, 5.41) is 0. The Morgan fingerprint density at radius 1 is 1.23 bits per heavy atom. The van der Waals surface area contributed by atoms with Crippen molar-refractivity contribution >= 4 is 28.8 Å². The summed E-state index contributed by atoms with van der Waals surface area (Å²) in [4.78, 5) is 23.8. The number of carbonyl (C=O) groups is 1. The molecule has 5 nitrogen and oxygen atoms in total. The van der Waals surface area contributed by atoms with Gasteiger partial charge in [0, 0.05) is 19.2 Å². The first-order valence-corrected chi connectivity index (χ1v) is 8.78. The molecule has 0 bridgehead atoms. The van der Waals surface area contributed by atoms with Crippen molar-refractivity contribution in [2.24, 2.45) is 4.99 Å². The van der Waals surface area contributed by atoms with Crippen molar-refractivity contribution in [3.8, 4) is 0 Å². The normalized spacial score (nSPS) is 11.4. The summed E-state index contributed by atoms with van der Waals surface area (Å²) in [7, 11) is 1.99. The predicted octanol–water partition coefficient (Wildman–Crippen LogP) is 4.15. The molecule has 0 saturated carbocycles. The van der Waals surface area contributed by atoms with Crippen molar-refractivity contribution in [3.05, 3.63) is 59.4 Å². The number of hydrogen-bond donors (Lipinski definition) is 0. The third kappa shape index (κ3) is 3.67. The van der Waals surface area contributed by atoms with Gasteiger partial charge in [0.25, 0.3) is 0 Å². The molecular weight excluding hydrogens is 324 g/mol. The Bertz CT molecular complexity index is 971. The molecule has 0 atom stereocenters. The summed E-state index contributed by atoms with van der Waals surface area (Å²) in [5.41, 5.74) is 5.44. The van der Waals surface area contributed by atoms with E-state index in [1.54, 1.807) is 6.33 Å². The molecule has 3 aromatic rings. The average molecular weight is 348 g/mol. The first-order chi connectivity index (χ1) is 12.5. The van der Waals surface area contributed by atoms with Gasteiger partial charge in [-0.1, -0.05) is 12.1 Å². The molecule has 0 aliphatic heterocycles. The van der Waals surface area contributed by atoms with E-state index in [1.165, 1.54) is 0 Å². The maximum Gasteiger partial charge on any atom is 0.182 e. The fraction of sp³-hybridized carbons (Fsp3) is 0.286. The van der Waals surface area contributed by atoms with E-state index in [0.29, 0.717) is 0 Å². The largest absolute Gasteiger partial charge is 0.366 e. The quantitative estimate of drug-likeness (QED) is 0.382. The van der Waals surface area contributed by atoms with Gasteiger partial charge in [0.15, 0.2) is 5.78 Å². The zero-order chi connectivity index (χ0) is 18.7. The van der Waals surface area contributed by atoms with E-state index < -0.39 is 0 Å². The molecule has 0 unspecified atom stereocenters. The fourth-order valence-corrected chi connectivity index (χ4v) is 2.86. The highest BCUT2D eigenvalue weighted by atomic mass is 16.1. The minimum absolute atomic E-state index is 0.0787. The summed E-state index contributed by atoms with van der Waals surface area (Å²) >= 11 is 0. The van der Waals surface area contributed by atoms with Gasteiger partial charge in [0.05, 0.1) is 35.9 Å². The summed E-state index contributed by atoms with van der Waals surface area (Å²) in [6, 6.07) is 11.8. The molecular formula is C21H24N4O. The molecule has 0 spiro atoms. The van der Waals surface area contributed by atoms with E-state index in [4.69, 9.17) is 0 Å². The van der Waals surface area contributed by atoms with Gasteiger partial charge in [-0.3, -0.25) is 4.79 Å². The monoisotopic (exact) mass is 348 g/mol. The zero-order valence-electron chi connectivity index (χ0n) is 15.7. The number of hydrogen-bond acceptors (Lipinski definition) is 3. The average Bonchev–Trinajstić information content (AvgIpc) is 3.04. The molecule has 5 heteroatoms. The Morgan fingerprint density at radius 3 is 2.77 bits per heavy atom. The van der Waals surface area contributed by atoms with Crippen LogP contribution in [0.5, 0.6) is 0 Å². The van der Waals surface area contributed by atoms with Crippen LogP contribution in [0.15, 0.2) is 47.7 Å². The molecule has 0 aliphatic carbocycles. The predicted molar refractivity (Wildman–Crippen MR) is 106 cm³/mol. The molecule has 0 aliphatic rings. The summed E-state index contributed by atoms with van der Waals surface area (Å²) in [5.74, 6) is 0.0787. The van der Waals surface area contributed by atoms with Gasteiger partial charge < -0.3 is 9.47 Å². The van der Waals surface area contributed by atoms with E-state index in [9.17, 15) is 4.79 Å². The maximum atomic E-state index is 12.9. The number of aliphatic imine (C=N–C) groups is 1. The lowest BCUT2D eigenvalue weighted by atomic mass is 10.0. The fourth-order valence-electron chi connectivity index (χ4n) is 2.86. The number of nitrogens with zero attached hydrogens (tertiary/aromatic N) is 4. The van der Waals surface area contributed by atoms with Crippen LogP contribution in [0.2, 0.25) is 0 Å². The first kappa shape index (κ1) is 17.9. The highest BCUT2D eigenvalue weighted by molar-refractivity contribution is 5.98. The van der Waals surface area contributed by atoms with Gasteiger partial charge in [0.1, 0.15) is 0 Å². The number of fused-ring (bicyclic) bond motifs is 1. The second kappa shape index (κ2) is 7.52. The Kier molecular flexibility index (Phi) is 5.16. The van der Waals surface area contributed by atoms with Crippen molar-refractivity contribution in [3.63, 3.8) is 0 Å². The number of aromatic nitrogens is 2. The van der Waals surface area contributed by atoms with Crippen LogP contribution >= 0.6 is 0 Å². The molecule has 26 heavy (non-hydrogen) atoms. The van der Waals surface area contributed by atoms with Crippen LogP contribution in [0.4, 0.5) is 5.69 Å². The van der Waals surface area contributed by atoms with Crippen molar-refractivity contribution in [2.75, 3.05) is 13.6 Å². The van der Waals surface area contributed by atoms with Crippen LogP contribution in [-0.2, 0) is 6.54 Å². The number of carbonyl (C=O) groups excluding carboxylic acids is 1. The Labute approximate surface area is 154 Å². The number of rotatable bonds is 6. The molecule has 0 amide bonds. The van der Waals surface area contributed by atoms with Crippen LogP contribution < -0.4 is 0 Å². The van der Waals surface area contributed by atoms with E-state index in [2.05, 4.69) is 16.9 Å². The van der Waals surface area contributed by atoms with Crippen molar-refractivity contribution < 1.29 is 4.79 Å². The minimum Gasteiger partial charge on any atom is -0.366 e. The van der Waals surface area contributed by atoms with Crippen molar-refractivity contribution in [1.82, 2.24) is 14.5 Å². The van der Waals surface area contributed by atoms with Gasteiger partial charge in [0.2, 0.25) is 0 Å². The van der Waals surface area contributed by atoms with Gasteiger partial charge in [-0.15, -0.1) is 0 Å². The Hall–Kier alpha value is -2.95. The first-order valence-electron chi connectivity index (χ1n) is 8.78. The second-order valence-electron chi connectivity index (χ2n) is 6.56. The lowest BCUT2D eigenvalue weighted by Gasteiger charge is -2.12. The molecule has 1 aromatic heterocycles. The highest BCUT2D eigenvalue weighted by Gasteiger charge is 2.14. The number of aryl methyl sites for hydroxylation is 2. The van der Waals surface area contributed by atoms with Crippen LogP contribution in [0.25, 0.3) is 11.0 Å². The van der Waals surface area contributed by atoms with Crippen LogP contribution in [-0.4, -0.2) is 40.2 Å². The van der Waals surface area contributed by atoms with E-state index in [-0.39, 0.29) is 12.3 Å². The molecule has 134 valence electrons. The standard InChI is InChI=1S/C21H24N4O/c1-5-24(4)13-22-19-11-15(2)17(10-16(19)3)21(26)12-25-14-23-18-8-6-7-9-20(18)25/h6-11,13-14H,5,12H2,1-4H3/b22-13-. The maximum absolute atomic E-state index is 12.9. The smallest absolute Gasteiger partial charge is 0.182 e. The van der Waals surface area contributed by atoms with E-state index in [0.717, 1.165) is 40.0 Å². The van der Waals surface area contributed by atoms with Gasteiger partial charge >= 0.3 is 0 Å². The van der Waals surface area contributed by atoms with E-state index >= 15 is 0 Å². The number of imidazole rings is 1. The van der Waals surface area contributed by atoms with Crippen LogP contribution in [0, 0.1) is 13.8 Å². The molecule has 0 saturated heterocycles. The Balaban J connectivity index is 1.85. The SMILES string of the molecule is CCN(C)/C=N\c1cc(C)c(C(=O)Cn2cnc3ccccc32)cc1C. The third-order valence-corrected chi connectivity index (χ3v) is 4.58. The van der Waals surface area contributed by atoms with Crippen LogP contribution in [0.1, 0.15) is 28.4 Å².